The third-order valence-electron chi connectivity index (χ3n) is 5.63. The molecular formula is C24H21FN2O5S. The van der Waals surface area contributed by atoms with E-state index in [1.807, 2.05) is 30.3 Å². The van der Waals surface area contributed by atoms with Crippen molar-refractivity contribution in [1.29, 1.82) is 5.26 Å². The maximum atomic E-state index is 13.9. The molecule has 0 saturated carbocycles. The average Bonchev–Trinajstić information content (AvgIpc) is 3.17. The topological polar surface area (TPSA) is 111 Å². The second-order valence-corrected chi connectivity index (χ2v) is 9.75. The van der Waals surface area contributed by atoms with Crippen LogP contribution >= 0.6 is 0 Å². The third-order valence-corrected chi connectivity index (χ3v) is 7.46. The summed E-state index contributed by atoms with van der Waals surface area (Å²) in [6.45, 7) is -1.40. The number of hydrogen-bond donors (Lipinski definition) is 2. The highest BCUT2D eigenvalue weighted by Crippen LogP contribution is 2.32. The standard InChI is InChI=1S/C24H21FN2O5S/c25-22-12-20(9-6-19(22)13-26)32-23-14-27(15-24(23,29)16-28)33(30,31)21-10-7-18(8-11-21)17-4-2-1-3-5-17/h1-12,23,28-29H,14-16H2/t23-,24+/m0/s1. The first kappa shape index (κ1) is 22.9. The van der Waals surface area contributed by atoms with Gasteiger partial charge >= 0.3 is 0 Å². The summed E-state index contributed by atoms with van der Waals surface area (Å²) in [5.41, 5.74) is -0.261. The summed E-state index contributed by atoms with van der Waals surface area (Å²) < 4.78 is 47.0. The highest BCUT2D eigenvalue weighted by molar-refractivity contribution is 7.89. The molecule has 0 radical (unpaired) electrons. The largest absolute Gasteiger partial charge is 0.486 e. The van der Waals surface area contributed by atoms with E-state index in [2.05, 4.69) is 0 Å². The Morgan fingerprint density at radius 2 is 1.76 bits per heavy atom. The first-order valence-corrected chi connectivity index (χ1v) is 11.6. The molecule has 1 fully saturated rings. The number of aliphatic hydroxyl groups is 2. The third kappa shape index (κ3) is 4.47. The van der Waals surface area contributed by atoms with Crippen LogP contribution in [0.25, 0.3) is 11.1 Å². The molecule has 170 valence electrons. The van der Waals surface area contributed by atoms with E-state index in [1.54, 1.807) is 18.2 Å². The summed E-state index contributed by atoms with van der Waals surface area (Å²) in [5.74, 6) is -0.793. The van der Waals surface area contributed by atoms with E-state index in [0.29, 0.717) is 0 Å². The summed E-state index contributed by atoms with van der Waals surface area (Å²) in [5, 5.41) is 29.4. The molecule has 1 aliphatic heterocycles. The Bertz CT molecular complexity index is 1290. The second-order valence-electron chi connectivity index (χ2n) is 7.81. The van der Waals surface area contributed by atoms with Crippen LogP contribution < -0.4 is 4.74 Å². The summed E-state index contributed by atoms with van der Waals surface area (Å²) >= 11 is 0. The lowest BCUT2D eigenvalue weighted by molar-refractivity contribution is -0.0641. The number of nitriles is 1. The first-order valence-electron chi connectivity index (χ1n) is 10.1. The van der Waals surface area contributed by atoms with Crippen LogP contribution in [-0.4, -0.2) is 54.3 Å². The Kier molecular flexibility index (Phi) is 6.19. The van der Waals surface area contributed by atoms with Crippen LogP contribution in [0.1, 0.15) is 5.56 Å². The van der Waals surface area contributed by atoms with Gasteiger partial charge < -0.3 is 14.9 Å². The van der Waals surface area contributed by atoms with Gasteiger partial charge in [-0.25, -0.2) is 12.8 Å². The molecule has 33 heavy (non-hydrogen) atoms. The Balaban J connectivity index is 1.56. The zero-order chi connectivity index (χ0) is 23.6. The summed E-state index contributed by atoms with van der Waals surface area (Å²) in [6, 6.07) is 21.1. The molecule has 9 heteroatoms. The van der Waals surface area contributed by atoms with Gasteiger partial charge in [0.1, 0.15) is 29.3 Å². The molecule has 0 aliphatic carbocycles. The SMILES string of the molecule is N#Cc1ccc(O[C@H]2CN(S(=O)(=O)c3ccc(-c4ccccc4)cc3)C[C@@]2(O)CO)cc1F. The van der Waals surface area contributed by atoms with Crippen molar-refractivity contribution >= 4 is 10.0 Å². The molecule has 1 aliphatic rings. The molecule has 7 nitrogen and oxygen atoms in total. The van der Waals surface area contributed by atoms with Gasteiger partial charge in [-0.2, -0.15) is 9.57 Å². The molecule has 1 saturated heterocycles. The number of aliphatic hydroxyl groups excluding tert-OH is 1. The molecule has 2 atom stereocenters. The summed E-state index contributed by atoms with van der Waals surface area (Å²) in [4.78, 5) is 0.0348. The summed E-state index contributed by atoms with van der Waals surface area (Å²) in [7, 11) is -4.00. The molecule has 2 N–H and O–H groups in total. The monoisotopic (exact) mass is 468 g/mol. The fraction of sp³-hybridized carbons (Fsp3) is 0.208. The van der Waals surface area contributed by atoms with Gasteiger partial charge in [-0.3, -0.25) is 0 Å². The van der Waals surface area contributed by atoms with Gasteiger partial charge in [-0.1, -0.05) is 42.5 Å². The number of nitrogens with zero attached hydrogens (tertiary/aromatic N) is 2. The highest BCUT2D eigenvalue weighted by atomic mass is 32.2. The number of rotatable bonds is 6. The van der Waals surface area contributed by atoms with E-state index in [-0.39, 0.29) is 22.8 Å². The van der Waals surface area contributed by atoms with E-state index in [9.17, 15) is 23.0 Å². The van der Waals surface area contributed by atoms with Crippen LogP contribution in [-0.2, 0) is 10.0 Å². The molecule has 0 unspecified atom stereocenters. The predicted octanol–water partition coefficient (Wildman–Crippen LogP) is 2.54. The van der Waals surface area contributed by atoms with E-state index in [1.165, 1.54) is 24.3 Å². The van der Waals surface area contributed by atoms with E-state index < -0.39 is 40.7 Å². The van der Waals surface area contributed by atoms with Crippen LogP contribution in [0, 0.1) is 17.1 Å². The number of sulfonamides is 1. The van der Waals surface area contributed by atoms with Crippen molar-refractivity contribution in [3.63, 3.8) is 0 Å². The fourth-order valence-corrected chi connectivity index (χ4v) is 5.23. The van der Waals surface area contributed by atoms with Gasteiger partial charge in [-0.05, 0) is 35.4 Å². The minimum atomic E-state index is -4.00. The van der Waals surface area contributed by atoms with Gasteiger partial charge in [0.05, 0.1) is 23.6 Å². The van der Waals surface area contributed by atoms with E-state index >= 15 is 0 Å². The number of halogens is 1. The lowest BCUT2D eigenvalue weighted by atomic mass is 10.0. The van der Waals surface area contributed by atoms with Crippen molar-refractivity contribution in [3.8, 4) is 22.9 Å². The Hall–Kier alpha value is -3.29. The van der Waals surface area contributed by atoms with Crippen LogP contribution in [0.5, 0.6) is 5.75 Å². The lowest BCUT2D eigenvalue weighted by Gasteiger charge is -2.27. The van der Waals surface area contributed by atoms with Gasteiger partial charge in [0.2, 0.25) is 10.0 Å². The number of β-amino-alcohol motifs (C(OH)–C–C–N with tert-alkyl or cyclic N) is 1. The molecule has 1 heterocycles. The van der Waals surface area contributed by atoms with Crippen LogP contribution in [0.4, 0.5) is 4.39 Å². The van der Waals surface area contributed by atoms with Gasteiger partial charge in [0.25, 0.3) is 0 Å². The van der Waals surface area contributed by atoms with Gasteiger partial charge in [0.15, 0.2) is 0 Å². The predicted molar refractivity (Wildman–Crippen MR) is 118 cm³/mol. The Morgan fingerprint density at radius 3 is 2.36 bits per heavy atom. The van der Waals surface area contributed by atoms with E-state index in [0.717, 1.165) is 21.5 Å². The second kappa shape index (κ2) is 8.92. The zero-order valence-corrected chi connectivity index (χ0v) is 18.2. The smallest absolute Gasteiger partial charge is 0.243 e. The lowest BCUT2D eigenvalue weighted by Crippen LogP contribution is -2.48. The molecule has 0 spiro atoms. The number of benzene rings is 3. The molecular weight excluding hydrogens is 447 g/mol. The first-order chi connectivity index (χ1) is 15.8. The van der Waals surface area contributed by atoms with Gasteiger partial charge in [-0.15, -0.1) is 0 Å². The van der Waals surface area contributed by atoms with Crippen LogP contribution in [0.15, 0.2) is 77.7 Å². The number of hydrogen-bond acceptors (Lipinski definition) is 6. The maximum Gasteiger partial charge on any atom is 0.243 e. The summed E-state index contributed by atoms with van der Waals surface area (Å²) in [6.07, 6.45) is -1.15. The molecule has 0 aromatic heterocycles. The normalized spacial score (nSPS) is 21.0. The molecule has 0 amide bonds. The number of ether oxygens (including phenoxy) is 1. The average molecular weight is 469 g/mol. The quantitative estimate of drug-likeness (QED) is 0.575. The maximum absolute atomic E-state index is 13.9. The Labute approximate surface area is 191 Å². The Morgan fingerprint density at radius 1 is 1.09 bits per heavy atom. The van der Waals surface area contributed by atoms with Crippen molar-refractivity contribution in [2.24, 2.45) is 0 Å². The van der Waals surface area contributed by atoms with Crippen LogP contribution in [0.2, 0.25) is 0 Å². The fourth-order valence-electron chi connectivity index (χ4n) is 3.73. The zero-order valence-electron chi connectivity index (χ0n) is 17.4. The van der Waals surface area contributed by atoms with E-state index in [4.69, 9.17) is 10.00 Å². The van der Waals surface area contributed by atoms with Crippen molar-refractivity contribution < 1.29 is 27.8 Å². The molecule has 0 bridgehead atoms. The minimum absolute atomic E-state index is 0.00911. The highest BCUT2D eigenvalue weighted by Gasteiger charge is 2.50. The molecule has 4 rings (SSSR count). The van der Waals surface area contributed by atoms with Gasteiger partial charge in [0, 0.05) is 12.6 Å². The van der Waals surface area contributed by atoms with Crippen LogP contribution in [0.3, 0.4) is 0 Å². The van der Waals surface area contributed by atoms with Crippen molar-refractivity contribution in [3.05, 3.63) is 84.2 Å². The van der Waals surface area contributed by atoms with Crippen molar-refractivity contribution in [1.82, 2.24) is 4.31 Å². The molecule has 3 aromatic carbocycles. The minimum Gasteiger partial charge on any atom is -0.486 e. The van der Waals surface area contributed by atoms with Crippen molar-refractivity contribution in [2.45, 2.75) is 16.6 Å². The molecule has 3 aromatic rings. The van der Waals surface area contributed by atoms with Crippen molar-refractivity contribution in [2.75, 3.05) is 19.7 Å².